The number of fused-ring (bicyclic) bond motifs is 1. The maximum absolute atomic E-state index is 13.9. The fourth-order valence-corrected chi connectivity index (χ4v) is 3.49. The number of benzene rings is 3. The van der Waals surface area contributed by atoms with E-state index in [1.54, 1.807) is 36.4 Å². The van der Waals surface area contributed by atoms with E-state index in [9.17, 15) is 22.8 Å². The number of nitrogens with zero attached hydrogens (tertiary/aromatic N) is 1. The number of imidazole rings is 1. The summed E-state index contributed by atoms with van der Waals surface area (Å²) in [6.45, 7) is 0.155. The van der Waals surface area contributed by atoms with Crippen LogP contribution in [0.15, 0.2) is 60.7 Å². The molecule has 9 heteroatoms. The van der Waals surface area contributed by atoms with E-state index in [2.05, 4.69) is 20.6 Å². The molecular formula is C25H21F3N4O2. The minimum absolute atomic E-state index is 0.131. The fourth-order valence-electron chi connectivity index (χ4n) is 3.49. The molecule has 0 aliphatic rings. The molecule has 0 fully saturated rings. The van der Waals surface area contributed by atoms with E-state index in [4.69, 9.17) is 0 Å². The third kappa shape index (κ3) is 5.61. The molecule has 174 valence electrons. The first-order chi connectivity index (χ1) is 16.4. The van der Waals surface area contributed by atoms with E-state index in [1.165, 1.54) is 6.07 Å². The molecule has 0 spiro atoms. The van der Waals surface area contributed by atoms with Gasteiger partial charge in [0.25, 0.3) is 5.91 Å². The summed E-state index contributed by atoms with van der Waals surface area (Å²) in [7, 11) is 0. The Morgan fingerprint density at radius 2 is 1.76 bits per heavy atom. The summed E-state index contributed by atoms with van der Waals surface area (Å²) in [6, 6.07) is 14.4. The molecule has 0 aliphatic heterocycles. The Bertz CT molecular complexity index is 1350. The van der Waals surface area contributed by atoms with Crippen LogP contribution in [0.2, 0.25) is 0 Å². The van der Waals surface area contributed by atoms with Gasteiger partial charge in [0.15, 0.2) is 0 Å². The Labute approximate surface area is 193 Å². The molecule has 34 heavy (non-hydrogen) atoms. The van der Waals surface area contributed by atoms with Crippen molar-refractivity contribution in [3.63, 3.8) is 0 Å². The Kier molecular flexibility index (Phi) is 6.91. The summed E-state index contributed by atoms with van der Waals surface area (Å²) in [5.41, 5.74) is 2.24. The van der Waals surface area contributed by atoms with Crippen LogP contribution >= 0.6 is 0 Å². The summed E-state index contributed by atoms with van der Waals surface area (Å²) >= 11 is 0. The number of aromatic amines is 1. The van der Waals surface area contributed by atoms with Crippen LogP contribution in [0.3, 0.4) is 0 Å². The normalized spacial score (nSPS) is 10.9. The Morgan fingerprint density at radius 1 is 0.941 bits per heavy atom. The van der Waals surface area contributed by atoms with E-state index in [0.29, 0.717) is 47.0 Å². The van der Waals surface area contributed by atoms with E-state index in [1.807, 2.05) is 0 Å². The third-order valence-electron chi connectivity index (χ3n) is 5.17. The van der Waals surface area contributed by atoms with Crippen molar-refractivity contribution in [2.24, 2.45) is 0 Å². The van der Waals surface area contributed by atoms with Gasteiger partial charge in [-0.1, -0.05) is 18.2 Å². The highest BCUT2D eigenvalue weighted by Gasteiger charge is 2.13. The lowest BCUT2D eigenvalue weighted by Crippen LogP contribution is -2.26. The van der Waals surface area contributed by atoms with Crippen molar-refractivity contribution in [2.75, 3.05) is 11.9 Å². The van der Waals surface area contributed by atoms with Gasteiger partial charge in [0.1, 0.15) is 23.3 Å². The number of anilines is 1. The van der Waals surface area contributed by atoms with Crippen molar-refractivity contribution < 1.29 is 22.8 Å². The van der Waals surface area contributed by atoms with Gasteiger partial charge in [0.05, 0.1) is 16.6 Å². The van der Waals surface area contributed by atoms with Gasteiger partial charge in [-0.2, -0.15) is 0 Å². The lowest BCUT2D eigenvalue weighted by molar-refractivity contribution is -0.116. The number of aromatic nitrogens is 2. The molecule has 0 aliphatic carbocycles. The van der Waals surface area contributed by atoms with Gasteiger partial charge in [-0.05, 0) is 48.4 Å². The second-order valence-corrected chi connectivity index (χ2v) is 7.72. The van der Waals surface area contributed by atoms with Gasteiger partial charge < -0.3 is 15.6 Å². The highest BCUT2D eigenvalue weighted by molar-refractivity contribution is 5.95. The molecule has 3 N–H and O–H groups in total. The number of halogens is 3. The van der Waals surface area contributed by atoms with Crippen molar-refractivity contribution in [1.82, 2.24) is 15.3 Å². The molecule has 0 radical (unpaired) electrons. The first-order valence-corrected chi connectivity index (χ1v) is 10.6. The molecule has 0 atom stereocenters. The van der Waals surface area contributed by atoms with Crippen LogP contribution in [-0.4, -0.2) is 28.3 Å². The number of amides is 2. The second-order valence-electron chi connectivity index (χ2n) is 7.72. The molecule has 0 bridgehead atoms. The largest absolute Gasteiger partial charge is 0.352 e. The number of hydrogen-bond acceptors (Lipinski definition) is 3. The molecule has 0 saturated heterocycles. The average molecular weight is 466 g/mol. The zero-order valence-electron chi connectivity index (χ0n) is 18.0. The minimum atomic E-state index is -0.943. The molecule has 4 rings (SSSR count). The topological polar surface area (TPSA) is 86.9 Å². The van der Waals surface area contributed by atoms with E-state index < -0.39 is 17.5 Å². The van der Waals surface area contributed by atoms with Crippen LogP contribution in [0.25, 0.3) is 11.0 Å². The van der Waals surface area contributed by atoms with Crippen LogP contribution in [0.4, 0.5) is 18.9 Å². The summed E-state index contributed by atoms with van der Waals surface area (Å²) in [5.74, 6) is -2.32. The highest BCUT2D eigenvalue weighted by Crippen LogP contribution is 2.20. The number of H-pyrrole nitrogens is 1. The number of carbonyl (C=O) groups is 2. The van der Waals surface area contributed by atoms with Crippen LogP contribution in [0.5, 0.6) is 0 Å². The maximum atomic E-state index is 13.9. The first-order valence-electron chi connectivity index (χ1n) is 10.6. The van der Waals surface area contributed by atoms with Crippen LogP contribution in [-0.2, 0) is 11.2 Å². The van der Waals surface area contributed by atoms with Crippen LogP contribution in [0.1, 0.15) is 34.6 Å². The predicted octanol–water partition coefficient (Wildman–Crippen LogP) is 4.72. The fraction of sp³-hybridized carbons (Fsp3) is 0.160. The number of rotatable bonds is 8. The molecule has 0 unspecified atom stereocenters. The second kappa shape index (κ2) is 10.2. The molecular weight excluding hydrogens is 445 g/mol. The first kappa shape index (κ1) is 23.0. The summed E-state index contributed by atoms with van der Waals surface area (Å²) in [5, 5.41) is 5.28. The molecule has 2 amide bonds. The number of carbonyl (C=O) groups excluding carboxylic acids is 2. The van der Waals surface area contributed by atoms with Crippen molar-refractivity contribution in [3.8, 4) is 0 Å². The van der Waals surface area contributed by atoms with Crippen molar-refractivity contribution in [1.29, 1.82) is 0 Å². The summed E-state index contributed by atoms with van der Waals surface area (Å²) in [6.07, 6.45) is 0.780. The van der Waals surface area contributed by atoms with Gasteiger partial charge in [0.2, 0.25) is 5.91 Å². The van der Waals surface area contributed by atoms with Crippen LogP contribution in [0, 0.1) is 17.5 Å². The molecule has 3 aromatic carbocycles. The Morgan fingerprint density at radius 3 is 2.56 bits per heavy atom. The Balaban J connectivity index is 1.28. The van der Waals surface area contributed by atoms with Crippen molar-refractivity contribution in [2.45, 2.75) is 19.3 Å². The maximum Gasteiger partial charge on any atom is 0.254 e. The lowest BCUT2D eigenvalue weighted by Gasteiger charge is -2.07. The Hall–Kier alpha value is -4.14. The zero-order chi connectivity index (χ0) is 24.1. The lowest BCUT2D eigenvalue weighted by atomic mass is 10.1. The SMILES string of the molecule is O=C(CCCNC(=O)c1ccc(F)cc1F)Nc1ccc2nc(Cc3ccccc3F)[nH]c2c1. The van der Waals surface area contributed by atoms with Crippen molar-refractivity contribution in [3.05, 3.63) is 95.1 Å². The quantitative estimate of drug-likeness (QED) is 0.329. The van der Waals surface area contributed by atoms with Gasteiger partial charge >= 0.3 is 0 Å². The van der Waals surface area contributed by atoms with E-state index in [0.717, 1.165) is 12.1 Å². The smallest absolute Gasteiger partial charge is 0.254 e. The standard InChI is InChI=1S/C25H21F3N4O2/c26-16-7-9-18(20(28)13-16)25(34)29-11-3-6-24(33)30-17-8-10-21-22(14-17)32-23(31-21)12-15-4-1-2-5-19(15)27/h1-2,4-5,7-10,13-14H,3,6,11-12H2,(H,29,34)(H,30,33)(H,31,32). The van der Waals surface area contributed by atoms with E-state index in [-0.39, 0.29) is 30.3 Å². The molecule has 4 aromatic rings. The van der Waals surface area contributed by atoms with Gasteiger partial charge in [-0.25, -0.2) is 18.2 Å². The zero-order valence-corrected chi connectivity index (χ0v) is 18.0. The number of hydrogen-bond donors (Lipinski definition) is 3. The molecule has 1 heterocycles. The van der Waals surface area contributed by atoms with Gasteiger partial charge in [0, 0.05) is 31.1 Å². The molecule has 6 nitrogen and oxygen atoms in total. The number of nitrogens with one attached hydrogen (secondary N) is 3. The minimum Gasteiger partial charge on any atom is -0.352 e. The van der Waals surface area contributed by atoms with Gasteiger partial charge in [-0.15, -0.1) is 0 Å². The molecule has 0 saturated carbocycles. The predicted molar refractivity (Wildman–Crippen MR) is 122 cm³/mol. The monoisotopic (exact) mass is 466 g/mol. The third-order valence-corrected chi connectivity index (χ3v) is 5.17. The van der Waals surface area contributed by atoms with Crippen LogP contribution < -0.4 is 10.6 Å². The van der Waals surface area contributed by atoms with Gasteiger partial charge in [-0.3, -0.25) is 9.59 Å². The molecule has 1 aromatic heterocycles. The average Bonchev–Trinajstić information content (AvgIpc) is 3.20. The highest BCUT2D eigenvalue weighted by atomic mass is 19.1. The summed E-state index contributed by atoms with van der Waals surface area (Å²) in [4.78, 5) is 31.8. The van der Waals surface area contributed by atoms with E-state index >= 15 is 0 Å². The van der Waals surface area contributed by atoms with Crippen molar-refractivity contribution >= 4 is 28.5 Å². The summed E-state index contributed by atoms with van der Waals surface area (Å²) < 4.78 is 40.5.